The summed E-state index contributed by atoms with van der Waals surface area (Å²) in [7, 11) is 0. The van der Waals surface area contributed by atoms with Crippen molar-refractivity contribution in [3.05, 3.63) is 58.2 Å². The zero-order chi connectivity index (χ0) is 21.1. The van der Waals surface area contributed by atoms with Crippen LogP contribution in [-0.4, -0.2) is 32.7 Å². The highest BCUT2D eigenvalue weighted by Gasteiger charge is 2.17. The molecule has 154 valence electrons. The van der Waals surface area contributed by atoms with Gasteiger partial charge in [0.15, 0.2) is 5.13 Å². The molecular formula is C21H21N5O2S2. The van der Waals surface area contributed by atoms with Crippen LogP contribution in [0.4, 0.5) is 5.13 Å². The molecule has 0 radical (unpaired) electrons. The smallest absolute Gasteiger partial charge is 0.270 e. The summed E-state index contributed by atoms with van der Waals surface area (Å²) >= 11 is 3.02. The third-order valence-corrected chi connectivity index (χ3v) is 6.27. The monoisotopic (exact) mass is 439 g/mol. The van der Waals surface area contributed by atoms with Crippen LogP contribution in [0.2, 0.25) is 0 Å². The molecule has 0 aliphatic carbocycles. The predicted octanol–water partition coefficient (Wildman–Crippen LogP) is 4.28. The second-order valence-electron chi connectivity index (χ2n) is 6.85. The topological polar surface area (TPSA) is 88.4 Å². The molecule has 0 unspecified atom stereocenters. The van der Waals surface area contributed by atoms with E-state index in [2.05, 4.69) is 20.6 Å². The van der Waals surface area contributed by atoms with Crippen molar-refractivity contribution in [3.63, 3.8) is 0 Å². The summed E-state index contributed by atoms with van der Waals surface area (Å²) in [6.07, 6.45) is 2.68. The van der Waals surface area contributed by atoms with Gasteiger partial charge in [0.05, 0.1) is 16.3 Å². The molecule has 4 rings (SSSR count). The van der Waals surface area contributed by atoms with Crippen molar-refractivity contribution in [1.29, 1.82) is 0 Å². The van der Waals surface area contributed by atoms with Gasteiger partial charge in [-0.2, -0.15) is 0 Å². The number of nitrogens with zero attached hydrogens (tertiary/aromatic N) is 3. The van der Waals surface area contributed by atoms with Crippen molar-refractivity contribution >= 4 is 45.3 Å². The third kappa shape index (κ3) is 4.27. The first-order valence-corrected chi connectivity index (χ1v) is 11.3. The molecule has 0 saturated carbocycles. The molecule has 0 fully saturated rings. The first-order valence-electron chi connectivity index (χ1n) is 9.54. The van der Waals surface area contributed by atoms with E-state index in [9.17, 15) is 9.59 Å². The van der Waals surface area contributed by atoms with Crippen LogP contribution < -0.4 is 10.6 Å². The molecule has 4 aromatic heterocycles. The van der Waals surface area contributed by atoms with Gasteiger partial charge in [-0.3, -0.25) is 14.0 Å². The largest absolute Gasteiger partial charge is 0.351 e. The highest BCUT2D eigenvalue weighted by atomic mass is 32.1. The van der Waals surface area contributed by atoms with E-state index in [4.69, 9.17) is 0 Å². The number of amides is 2. The summed E-state index contributed by atoms with van der Waals surface area (Å²) in [5, 5.41) is 10.2. The Morgan fingerprint density at radius 2 is 2.00 bits per heavy atom. The Morgan fingerprint density at radius 3 is 2.80 bits per heavy atom. The molecule has 7 nitrogen and oxygen atoms in total. The minimum atomic E-state index is -0.188. The van der Waals surface area contributed by atoms with E-state index < -0.39 is 0 Å². The Hall–Kier alpha value is -3.04. The van der Waals surface area contributed by atoms with Gasteiger partial charge in [0.2, 0.25) is 5.91 Å². The number of carbonyl (C=O) groups excluding carboxylic acids is 2. The van der Waals surface area contributed by atoms with Crippen LogP contribution in [0.15, 0.2) is 41.2 Å². The maximum Gasteiger partial charge on any atom is 0.270 e. The molecule has 4 heterocycles. The zero-order valence-electron chi connectivity index (χ0n) is 16.6. The molecule has 0 spiro atoms. The molecule has 2 amide bonds. The lowest BCUT2D eigenvalue weighted by atomic mass is 10.2. The number of hydrogen-bond donors (Lipinski definition) is 2. The van der Waals surface area contributed by atoms with Crippen LogP contribution in [0, 0.1) is 13.8 Å². The molecule has 2 N–H and O–H groups in total. The molecule has 4 aromatic rings. The third-order valence-electron chi connectivity index (χ3n) is 4.62. The van der Waals surface area contributed by atoms with Crippen LogP contribution in [-0.2, 0) is 4.79 Å². The van der Waals surface area contributed by atoms with Gasteiger partial charge in [-0.1, -0.05) is 12.1 Å². The number of carbonyl (C=O) groups is 2. The average Bonchev–Trinajstić information content (AvgIpc) is 3.45. The Balaban J connectivity index is 1.27. The van der Waals surface area contributed by atoms with E-state index in [0.29, 0.717) is 35.9 Å². The van der Waals surface area contributed by atoms with Crippen LogP contribution in [0.1, 0.15) is 34.6 Å². The Morgan fingerprint density at radius 1 is 1.13 bits per heavy atom. The van der Waals surface area contributed by atoms with Crippen molar-refractivity contribution in [1.82, 2.24) is 19.7 Å². The van der Waals surface area contributed by atoms with Gasteiger partial charge >= 0.3 is 0 Å². The van der Waals surface area contributed by atoms with E-state index in [1.807, 2.05) is 55.1 Å². The summed E-state index contributed by atoms with van der Waals surface area (Å²) in [4.78, 5) is 34.8. The minimum Gasteiger partial charge on any atom is -0.351 e. The van der Waals surface area contributed by atoms with Gasteiger partial charge in [0.1, 0.15) is 11.3 Å². The highest BCUT2D eigenvalue weighted by Crippen LogP contribution is 2.28. The quantitative estimate of drug-likeness (QED) is 0.421. The number of rotatable bonds is 7. The zero-order valence-corrected chi connectivity index (χ0v) is 18.3. The normalized spacial score (nSPS) is 11.0. The number of hydrogen-bond acceptors (Lipinski definition) is 6. The number of thiophene rings is 1. The number of thiazole rings is 1. The Labute approximate surface area is 181 Å². The minimum absolute atomic E-state index is 0.113. The fraction of sp³-hybridized carbons (Fsp3) is 0.238. The first-order chi connectivity index (χ1) is 14.5. The van der Waals surface area contributed by atoms with Gasteiger partial charge < -0.3 is 10.6 Å². The molecule has 0 aromatic carbocycles. The summed E-state index contributed by atoms with van der Waals surface area (Å²) in [5.74, 6) is -0.301. The number of nitrogens with one attached hydrogen (secondary N) is 2. The van der Waals surface area contributed by atoms with Gasteiger partial charge in [0, 0.05) is 24.5 Å². The Kier molecular flexibility index (Phi) is 5.91. The molecule has 30 heavy (non-hydrogen) atoms. The molecule has 9 heteroatoms. The van der Waals surface area contributed by atoms with Crippen LogP contribution in [0.5, 0.6) is 0 Å². The standard InChI is InChI=1S/C21H21N5O2S2/c1-13-6-4-10-26-18(14(2)23-19(13)26)20(28)22-9-3-8-17(27)25-21-24-15(12-30-21)16-7-5-11-29-16/h4-7,10-12H,3,8-9H2,1-2H3,(H,22,28)(H,24,25,27). The van der Waals surface area contributed by atoms with Crippen molar-refractivity contribution in [2.75, 3.05) is 11.9 Å². The maximum atomic E-state index is 12.6. The van der Waals surface area contributed by atoms with Crippen LogP contribution in [0.25, 0.3) is 16.2 Å². The molecule has 0 aliphatic rings. The summed E-state index contributed by atoms with van der Waals surface area (Å²) in [5.41, 5.74) is 3.88. The summed E-state index contributed by atoms with van der Waals surface area (Å²) in [6, 6.07) is 7.84. The van der Waals surface area contributed by atoms with Gasteiger partial charge in [-0.25, -0.2) is 9.97 Å². The van der Waals surface area contributed by atoms with Crippen molar-refractivity contribution in [2.45, 2.75) is 26.7 Å². The van der Waals surface area contributed by atoms with Crippen molar-refractivity contribution < 1.29 is 9.59 Å². The highest BCUT2D eigenvalue weighted by molar-refractivity contribution is 7.16. The maximum absolute atomic E-state index is 12.6. The lowest BCUT2D eigenvalue weighted by Gasteiger charge is -2.06. The molecule has 0 bridgehead atoms. The number of anilines is 1. The van der Waals surface area contributed by atoms with E-state index in [-0.39, 0.29) is 11.8 Å². The van der Waals surface area contributed by atoms with E-state index >= 15 is 0 Å². The number of aromatic nitrogens is 3. The van der Waals surface area contributed by atoms with Gasteiger partial charge in [0.25, 0.3) is 5.91 Å². The predicted molar refractivity (Wildman–Crippen MR) is 120 cm³/mol. The van der Waals surface area contributed by atoms with E-state index in [1.165, 1.54) is 11.3 Å². The Bertz CT molecular complexity index is 1190. The number of fused-ring (bicyclic) bond motifs is 1. The SMILES string of the molecule is Cc1nc2c(C)cccn2c1C(=O)NCCCC(=O)Nc1nc(-c2cccs2)cs1. The molecule has 0 aliphatic heterocycles. The lowest BCUT2D eigenvalue weighted by molar-refractivity contribution is -0.116. The average molecular weight is 440 g/mol. The van der Waals surface area contributed by atoms with Crippen molar-refractivity contribution in [3.8, 4) is 10.6 Å². The van der Waals surface area contributed by atoms with Crippen LogP contribution in [0.3, 0.4) is 0 Å². The second-order valence-corrected chi connectivity index (χ2v) is 8.66. The fourth-order valence-electron chi connectivity index (χ4n) is 3.18. The summed E-state index contributed by atoms with van der Waals surface area (Å²) in [6.45, 7) is 4.20. The van der Waals surface area contributed by atoms with Gasteiger partial charge in [-0.15, -0.1) is 22.7 Å². The lowest BCUT2D eigenvalue weighted by Crippen LogP contribution is -2.27. The number of imidazole rings is 1. The number of aryl methyl sites for hydroxylation is 2. The molecule has 0 atom stereocenters. The second kappa shape index (κ2) is 8.76. The van der Waals surface area contributed by atoms with Crippen LogP contribution >= 0.6 is 22.7 Å². The first kappa shape index (κ1) is 20.2. The van der Waals surface area contributed by atoms with E-state index in [0.717, 1.165) is 21.8 Å². The fourth-order valence-corrected chi connectivity index (χ4v) is 4.66. The van der Waals surface area contributed by atoms with E-state index in [1.54, 1.807) is 15.7 Å². The van der Waals surface area contributed by atoms with Crippen molar-refractivity contribution in [2.24, 2.45) is 0 Å². The van der Waals surface area contributed by atoms with Gasteiger partial charge in [-0.05, 0) is 43.3 Å². The molecule has 0 saturated heterocycles. The molecular weight excluding hydrogens is 418 g/mol. The summed E-state index contributed by atoms with van der Waals surface area (Å²) < 4.78 is 1.81. The number of pyridine rings is 1.